The Balaban J connectivity index is 0.000000396. The first-order valence-corrected chi connectivity index (χ1v) is 9.83. The summed E-state index contributed by atoms with van der Waals surface area (Å²) in [5.74, 6) is -2.56. The highest BCUT2D eigenvalue weighted by molar-refractivity contribution is 5.95. The molecule has 0 aromatic heterocycles. The van der Waals surface area contributed by atoms with Crippen molar-refractivity contribution in [2.45, 2.75) is 38.4 Å². The van der Waals surface area contributed by atoms with E-state index in [9.17, 15) is 18.0 Å². The van der Waals surface area contributed by atoms with Crippen LogP contribution in [0.5, 0.6) is 0 Å². The highest BCUT2D eigenvalue weighted by Crippen LogP contribution is 2.43. The third-order valence-corrected chi connectivity index (χ3v) is 5.97. The fourth-order valence-electron chi connectivity index (χ4n) is 4.29. The zero-order valence-corrected chi connectivity index (χ0v) is 17.5. The zero-order chi connectivity index (χ0) is 22.5. The maximum Gasteiger partial charge on any atom is 0.490 e. The van der Waals surface area contributed by atoms with Crippen LogP contribution in [0.1, 0.15) is 35.2 Å². The average molecular weight is 430 g/mol. The number of nitrogens with zero attached hydrogens (tertiary/aromatic N) is 2. The second-order valence-corrected chi connectivity index (χ2v) is 8.14. The van der Waals surface area contributed by atoms with Gasteiger partial charge in [0, 0.05) is 38.3 Å². The number of aliphatic carboxylic acids is 1. The van der Waals surface area contributed by atoms with Gasteiger partial charge < -0.3 is 19.6 Å². The molecular formula is C21H29F3N2O4. The number of rotatable bonds is 3. The SMILES string of the molecule is COCC1CC2(CCN(C(=O)c3ccccc3C)CC2)CN1C.O=C(O)C(F)(F)F. The van der Waals surface area contributed by atoms with Crippen LogP contribution < -0.4 is 0 Å². The Morgan fingerprint density at radius 1 is 1.23 bits per heavy atom. The molecule has 2 heterocycles. The fraction of sp³-hybridized carbons (Fsp3) is 0.619. The lowest BCUT2D eigenvalue weighted by Gasteiger charge is -2.39. The molecule has 3 rings (SSSR count). The number of alkyl halides is 3. The number of piperidine rings is 1. The molecule has 1 amide bonds. The lowest BCUT2D eigenvalue weighted by Crippen LogP contribution is -2.44. The number of hydrogen-bond donors (Lipinski definition) is 1. The first-order valence-electron chi connectivity index (χ1n) is 9.83. The van der Waals surface area contributed by atoms with Crippen molar-refractivity contribution in [3.63, 3.8) is 0 Å². The smallest absolute Gasteiger partial charge is 0.475 e. The van der Waals surface area contributed by atoms with E-state index in [1.807, 2.05) is 36.1 Å². The minimum atomic E-state index is -5.08. The average Bonchev–Trinajstić information content (AvgIpc) is 2.97. The summed E-state index contributed by atoms with van der Waals surface area (Å²) in [6, 6.07) is 8.42. The number of benzene rings is 1. The van der Waals surface area contributed by atoms with Gasteiger partial charge in [0.05, 0.1) is 6.61 Å². The first-order chi connectivity index (χ1) is 14.0. The van der Waals surface area contributed by atoms with Crippen molar-refractivity contribution in [1.29, 1.82) is 0 Å². The standard InChI is InChI=1S/C19H28N2O2.C2HF3O2/c1-15-6-4-5-7-17(15)18(22)21-10-8-19(9-11-21)12-16(13-23-3)20(2)14-19;3-2(4,5)1(6)7/h4-7,16H,8-14H2,1-3H3;(H,6,7). The minimum Gasteiger partial charge on any atom is -0.475 e. The predicted octanol–water partition coefficient (Wildman–Crippen LogP) is 3.20. The quantitative estimate of drug-likeness (QED) is 0.798. The molecule has 0 saturated carbocycles. The van der Waals surface area contributed by atoms with E-state index in [1.165, 1.54) is 6.42 Å². The van der Waals surface area contributed by atoms with Crippen LogP contribution in [0.4, 0.5) is 13.2 Å². The number of methoxy groups -OCH3 is 1. The summed E-state index contributed by atoms with van der Waals surface area (Å²) >= 11 is 0. The van der Waals surface area contributed by atoms with E-state index in [0.717, 1.165) is 50.2 Å². The molecule has 1 aromatic carbocycles. The Bertz CT molecular complexity index is 746. The maximum absolute atomic E-state index is 12.8. The number of carboxylic acids is 1. The number of amides is 1. The van der Waals surface area contributed by atoms with Gasteiger partial charge in [-0.1, -0.05) is 18.2 Å². The second-order valence-electron chi connectivity index (χ2n) is 8.14. The molecule has 0 bridgehead atoms. The Morgan fingerprint density at radius 2 is 1.80 bits per heavy atom. The van der Waals surface area contributed by atoms with Crippen LogP contribution in [-0.4, -0.2) is 79.4 Å². The van der Waals surface area contributed by atoms with Crippen LogP contribution in [0.2, 0.25) is 0 Å². The van der Waals surface area contributed by atoms with Crippen molar-refractivity contribution in [1.82, 2.24) is 9.80 Å². The summed E-state index contributed by atoms with van der Waals surface area (Å²) in [6.45, 7) is 5.71. The molecule has 0 aliphatic carbocycles. The summed E-state index contributed by atoms with van der Waals surface area (Å²) in [7, 11) is 3.98. The Kier molecular flexibility index (Phi) is 7.87. The number of carbonyl (C=O) groups excluding carboxylic acids is 1. The van der Waals surface area contributed by atoms with Crippen LogP contribution in [0.25, 0.3) is 0 Å². The lowest BCUT2D eigenvalue weighted by molar-refractivity contribution is -0.192. The molecule has 1 N–H and O–H groups in total. The van der Waals surface area contributed by atoms with E-state index < -0.39 is 12.1 Å². The number of carbonyl (C=O) groups is 2. The summed E-state index contributed by atoms with van der Waals surface area (Å²) in [4.78, 5) is 26.1. The summed E-state index contributed by atoms with van der Waals surface area (Å²) in [5, 5.41) is 7.12. The third kappa shape index (κ3) is 5.95. The topological polar surface area (TPSA) is 70.1 Å². The summed E-state index contributed by atoms with van der Waals surface area (Å²) < 4.78 is 37.1. The molecule has 9 heteroatoms. The molecular weight excluding hydrogens is 401 g/mol. The van der Waals surface area contributed by atoms with E-state index >= 15 is 0 Å². The van der Waals surface area contributed by atoms with Gasteiger partial charge in [0.2, 0.25) is 0 Å². The minimum absolute atomic E-state index is 0.192. The van der Waals surface area contributed by atoms with Crippen LogP contribution in [0.3, 0.4) is 0 Å². The molecule has 1 aromatic rings. The van der Waals surface area contributed by atoms with Crippen molar-refractivity contribution in [3.05, 3.63) is 35.4 Å². The van der Waals surface area contributed by atoms with E-state index in [-0.39, 0.29) is 5.91 Å². The number of halogens is 3. The maximum atomic E-state index is 12.8. The van der Waals surface area contributed by atoms with E-state index in [0.29, 0.717) is 11.5 Å². The van der Waals surface area contributed by atoms with E-state index in [2.05, 4.69) is 11.9 Å². The first kappa shape index (κ1) is 24.1. The number of hydrogen-bond acceptors (Lipinski definition) is 4. The van der Waals surface area contributed by atoms with Crippen LogP contribution in [-0.2, 0) is 9.53 Å². The van der Waals surface area contributed by atoms with Gasteiger partial charge in [0.15, 0.2) is 0 Å². The van der Waals surface area contributed by atoms with Gasteiger partial charge >= 0.3 is 12.1 Å². The number of aryl methyl sites for hydroxylation is 1. The number of carboxylic acid groups (broad SMARTS) is 1. The van der Waals surface area contributed by atoms with Gasteiger partial charge in [0.25, 0.3) is 5.91 Å². The van der Waals surface area contributed by atoms with Crippen molar-refractivity contribution in [2.75, 3.05) is 40.4 Å². The van der Waals surface area contributed by atoms with Crippen molar-refractivity contribution < 1.29 is 32.6 Å². The molecule has 2 saturated heterocycles. The van der Waals surface area contributed by atoms with Gasteiger partial charge in [0.1, 0.15) is 0 Å². The van der Waals surface area contributed by atoms with Gasteiger partial charge in [-0.15, -0.1) is 0 Å². The molecule has 2 aliphatic heterocycles. The third-order valence-electron chi connectivity index (χ3n) is 5.97. The molecule has 2 aliphatic rings. The number of ether oxygens (including phenoxy) is 1. The molecule has 0 radical (unpaired) electrons. The van der Waals surface area contributed by atoms with Gasteiger partial charge in [-0.25, -0.2) is 4.79 Å². The normalized spacial score (nSPS) is 21.3. The lowest BCUT2D eigenvalue weighted by atomic mass is 9.76. The van der Waals surface area contributed by atoms with Crippen LogP contribution in [0.15, 0.2) is 24.3 Å². The van der Waals surface area contributed by atoms with Crippen molar-refractivity contribution >= 4 is 11.9 Å². The molecule has 1 unspecified atom stereocenters. The van der Waals surface area contributed by atoms with E-state index in [1.54, 1.807) is 7.11 Å². The molecule has 168 valence electrons. The Morgan fingerprint density at radius 3 is 2.30 bits per heavy atom. The monoisotopic (exact) mass is 430 g/mol. The zero-order valence-electron chi connectivity index (χ0n) is 17.5. The van der Waals surface area contributed by atoms with Crippen molar-refractivity contribution in [3.8, 4) is 0 Å². The largest absolute Gasteiger partial charge is 0.490 e. The molecule has 1 atom stereocenters. The van der Waals surface area contributed by atoms with E-state index in [4.69, 9.17) is 14.6 Å². The Hall–Kier alpha value is -2.13. The highest BCUT2D eigenvalue weighted by Gasteiger charge is 2.44. The molecule has 1 spiro atoms. The highest BCUT2D eigenvalue weighted by atomic mass is 19.4. The number of likely N-dealkylation sites (N-methyl/N-ethyl adjacent to an activating group) is 1. The predicted molar refractivity (Wildman–Crippen MR) is 105 cm³/mol. The summed E-state index contributed by atoms with van der Waals surface area (Å²) in [5.41, 5.74) is 2.29. The van der Waals surface area contributed by atoms with Crippen molar-refractivity contribution in [2.24, 2.45) is 5.41 Å². The molecule has 6 nitrogen and oxygen atoms in total. The second kappa shape index (κ2) is 9.78. The van der Waals surface area contributed by atoms with Gasteiger partial charge in [-0.2, -0.15) is 13.2 Å². The summed E-state index contributed by atoms with van der Waals surface area (Å²) in [6.07, 6.45) is -1.67. The van der Waals surface area contributed by atoms with Crippen LogP contribution in [0, 0.1) is 12.3 Å². The molecule has 2 fully saturated rings. The molecule has 30 heavy (non-hydrogen) atoms. The fourth-order valence-corrected chi connectivity index (χ4v) is 4.29. The van der Waals surface area contributed by atoms with Gasteiger partial charge in [-0.05, 0) is 50.3 Å². The Labute approximate surface area is 174 Å². The number of likely N-dealkylation sites (tertiary alicyclic amines) is 2. The van der Waals surface area contributed by atoms with Crippen LogP contribution >= 0.6 is 0 Å². The van der Waals surface area contributed by atoms with Gasteiger partial charge in [-0.3, -0.25) is 4.79 Å².